The SMILES string of the molecule is COC(=O)c1sccc1N.O=c1[nH]c(-c2ccnc(Cl)c2F)nc2ccsc12. The van der Waals surface area contributed by atoms with E-state index >= 15 is 0 Å². The van der Waals surface area contributed by atoms with Gasteiger partial charge in [0.15, 0.2) is 11.0 Å². The van der Waals surface area contributed by atoms with Crippen molar-refractivity contribution in [3.63, 3.8) is 0 Å². The van der Waals surface area contributed by atoms with E-state index in [2.05, 4.69) is 19.7 Å². The second-order valence-corrected chi connectivity index (χ2v) is 7.40. The van der Waals surface area contributed by atoms with E-state index in [1.165, 1.54) is 42.0 Å². The van der Waals surface area contributed by atoms with Crippen LogP contribution in [0.5, 0.6) is 0 Å². The second-order valence-electron chi connectivity index (χ2n) is 5.21. The number of anilines is 1. The highest BCUT2D eigenvalue weighted by molar-refractivity contribution is 7.17. The third kappa shape index (κ3) is 4.03. The van der Waals surface area contributed by atoms with Gasteiger partial charge < -0.3 is 15.5 Å². The number of ether oxygens (including phenoxy) is 1. The number of hydrogen-bond acceptors (Lipinski definition) is 8. The largest absolute Gasteiger partial charge is 0.465 e. The van der Waals surface area contributed by atoms with E-state index in [1.807, 2.05) is 0 Å². The Kier molecular flexibility index (Phi) is 6.02. The molecular formula is C17H12ClFN4O3S2. The molecule has 4 rings (SSSR count). The minimum absolute atomic E-state index is 0.125. The maximum Gasteiger partial charge on any atom is 0.350 e. The van der Waals surface area contributed by atoms with Crippen molar-refractivity contribution in [3.05, 3.63) is 61.4 Å². The van der Waals surface area contributed by atoms with Crippen LogP contribution in [0.25, 0.3) is 21.6 Å². The molecule has 0 unspecified atom stereocenters. The lowest BCUT2D eigenvalue weighted by Gasteiger charge is -2.03. The quantitative estimate of drug-likeness (QED) is 0.362. The zero-order valence-electron chi connectivity index (χ0n) is 14.2. The third-order valence-corrected chi connectivity index (χ3v) is 5.56. The van der Waals surface area contributed by atoms with E-state index in [1.54, 1.807) is 22.9 Å². The van der Waals surface area contributed by atoms with Crippen molar-refractivity contribution in [2.45, 2.75) is 0 Å². The first-order valence-corrected chi connectivity index (χ1v) is 9.75. The number of esters is 1. The number of H-pyrrole nitrogens is 1. The highest BCUT2D eigenvalue weighted by Crippen LogP contribution is 2.24. The topological polar surface area (TPSA) is 111 Å². The molecule has 144 valence electrons. The molecule has 0 bridgehead atoms. The van der Waals surface area contributed by atoms with E-state index in [9.17, 15) is 14.0 Å². The van der Waals surface area contributed by atoms with Crippen LogP contribution in [-0.2, 0) is 4.74 Å². The molecule has 4 heterocycles. The van der Waals surface area contributed by atoms with E-state index in [0.717, 1.165) is 0 Å². The zero-order chi connectivity index (χ0) is 20.3. The minimum Gasteiger partial charge on any atom is -0.465 e. The van der Waals surface area contributed by atoms with Crippen LogP contribution in [0.1, 0.15) is 9.67 Å². The summed E-state index contributed by atoms with van der Waals surface area (Å²) in [7, 11) is 1.33. The summed E-state index contributed by atoms with van der Waals surface area (Å²) in [6, 6.07) is 4.80. The Labute approximate surface area is 170 Å². The second kappa shape index (κ2) is 8.46. The molecule has 0 saturated heterocycles. The number of thiophene rings is 2. The summed E-state index contributed by atoms with van der Waals surface area (Å²) in [4.78, 5) is 33.4. The molecule has 3 N–H and O–H groups in total. The number of rotatable bonds is 2. The van der Waals surface area contributed by atoms with Crippen LogP contribution >= 0.6 is 34.3 Å². The Morgan fingerprint density at radius 1 is 1.29 bits per heavy atom. The van der Waals surface area contributed by atoms with Gasteiger partial charge >= 0.3 is 5.97 Å². The van der Waals surface area contributed by atoms with Gasteiger partial charge in [0.2, 0.25) is 0 Å². The van der Waals surface area contributed by atoms with Gasteiger partial charge in [-0.15, -0.1) is 22.7 Å². The molecule has 0 aliphatic heterocycles. The number of hydrogen-bond donors (Lipinski definition) is 2. The molecule has 0 amide bonds. The summed E-state index contributed by atoms with van der Waals surface area (Å²) < 4.78 is 18.8. The smallest absolute Gasteiger partial charge is 0.350 e. The first kappa shape index (κ1) is 19.9. The number of nitrogen functional groups attached to an aromatic ring is 1. The Hall–Kier alpha value is -2.82. The number of nitrogens with two attached hydrogens (primary N) is 1. The number of carbonyl (C=O) groups is 1. The van der Waals surface area contributed by atoms with Crippen molar-refractivity contribution >= 4 is 56.1 Å². The summed E-state index contributed by atoms with van der Waals surface area (Å²) in [6.07, 6.45) is 1.36. The lowest BCUT2D eigenvalue weighted by atomic mass is 10.2. The van der Waals surface area contributed by atoms with Crippen LogP contribution in [0.15, 0.2) is 40.0 Å². The summed E-state index contributed by atoms with van der Waals surface area (Å²) >= 11 is 8.17. The maximum atomic E-state index is 13.8. The average Bonchev–Trinajstić information content (AvgIpc) is 3.33. The molecule has 0 atom stereocenters. The Morgan fingerprint density at radius 2 is 2.04 bits per heavy atom. The highest BCUT2D eigenvalue weighted by Gasteiger charge is 2.13. The molecule has 0 aliphatic rings. The number of carbonyl (C=O) groups excluding carboxylic acids is 1. The van der Waals surface area contributed by atoms with Crippen LogP contribution in [0.3, 0.4) is 0 Å². The molecule has 0 aromatic carbocycles. The van der Waals surface area contributed by atoms with E-state index < -0.39 is 5.82 Å². The number of aromatic amines is 1. The summed E-state index contributed by atoms with van der Waals surface area (Å²) in [5, 5.41) is 3.26. The Balaban J connectivity index is 0.000000192. The molecule has 0 radical (unpaired) electrons. The van der Waals surface area contributed by atoms with Crippen molar-refractivity contribution in [1.82, 2.24) is 15.0 Å². The number of halogens is 2. The van der Waals surface area contributed by atoms with Crippen LogP contribution in [0.2, 0.25) is 5.15 Å². The van der Waals surface area contributed by atoms with Gasteiger partial charge in [0.25, 0.3) is 5.56 Å². The molecule has 11 heteroatoms. The predicted molar refractivity (Wildman–Crippen MR) is 109 cm³/mol. The number of pyridine rings is 1. The Bertz CT molecular complexity index is 1200. The molecule has 0 spiro atoms. The predicted octanol–water partition coefficient (Wildman–Crippen LogP) is 3.96. The van der Waals surface area contributed by atoms with Gasteiger partial charge in [0.05, 0.1) is 23.9 Å². The first-order chi connectivity index (χ1) is 13.4. The van der Waals surface area contributed by atoms with Crippen molar-refractivity contribution in [2.24, 2.45) is 0 Å². The molecule has 7 nitrogen and oxygen atoms in total. The number of nitrogens with one attached hydrogen (secondary N) is 1. The fourth-order valence-electron chi connectivity index (χ4n) is 2.18. The van der Waals surface area contributed by atoms with Crippen molar-refractivity contribution in [1.29, 1.82) is 0 Å². The van der Waals surface area contributed by atoms with Crippen LogP contribution < -0.4 is 11.3 Å². The number of aromatic nitrogens is 3. The highest BCUT2D eigenvalue weighted by atomic mass is 35.5. The average molecular weight is 439 g/mol. The van der Waals surface area contributed by atoms with Gasteiger partial charge in [-0.05, 0) is 29.0 Å². The normalized spacial score (nSPS) is 10.4. The van der Waals surface area contributed by atoms with Crippen LogP contribution in [0.4, 0.5) is 10.1 Å². The maximum absolute atomic E-state index is 13.8. The molecule has 4 aromatic heterocycles. The monoisotopic (exact) mass is 438 g/mol. The van der Waals surface area contributed by atoms with Gasteiger partial charge in [-0.1, -0.05) is 11.6 Å². The fourth-order valence-corrected chi connectivity index (χ4v) is 3.80. The molecule has 0 saturated carbocycles. The van der Waals surface area contributed by atoms with Gasteiger partial charge in [-0.3, -0.25) is 4.79 Å². The van der Waals surface area contributed by atoms with Gasteiger partial charge in [-0.2, -0.15) is 0 Å². The summed E-state index contributed by atoms with van der Waals surface area (Å²) in [5.41, 5.74) is 6.27. The van der Waals surface area contributed by atoms with Gasteiger partial charge in [-0.25, -0.2) is 19.2 Å². The minimum atomic E-state index is -0.697. The van der Waals surface area contributed by atoms with E-state index in [-0.39, 0.29) is 28.1 Å². The lowest BCUT2D eigenvalue weighted by molar-refractivity contribution is 0.0607. The zero-order valence-corrected chi connectivity index (χ0v) is 16.6. The van der Waals surface area contributed by atoms with E-state index in [0.29, 0.717) is 20.8 Å². The summed E-state index contributed by atoms with van der Waals surface area (Å²) in [6.45, 7) is 0. The Morgan fingerprint density at radius 3 is 2.71 bits per heavy atom. The standard InChI is InChI=1S/C11H5ClFN3OS.C6H7NO2S/c12-9-7(13)5(1-3-14-9)10-15-6-2-4-18-8(6)11(17)16-10;1-9-6(8)5-4(7)2-3-10-5/h1-4H,(H,15,16,17);2-3H,7H2,1H3. The number of fused-ring (bicyclic) bond motifs is 1. The van der Waals surface area contributed by atoms with E-state index in [4.69, 9.17) is 17.3 Å². The van der Waals surface area contributed by atoms with Crippen molar-refractivity contribution in [2.75, 3.05) is 12.8 Å². The number of nitrogens with zero attached hydrogens (tertiary/aromatic N) is 2. The molecule has 4 aromatic rings. The van der Waals surface area contributed by atoms with Gasteiger partial charge in [0.1, 0.15) is 15.4 Å². The summed E-state index contributed by atoms with van der Waals surface area (Å²) in [5.74, 6) is -0.919. The van der Waals surface area contributed by atoms with Gasteiger partial charge in [0, 0.05) is 6.20 Å². The van der Waals surface area contributed by atoms with Crippen molar-refractivity contribution in [3.8, 4) is 11.4 Å². The fraction of sp³-hybridized carbons (Fsp3) is 0.0588. The molecule has 0 aliphatic carbocycles. The lowest BCUT2D eigenvalue weighted by Crippen LogP contribution is -2.08. The molecular weight excluding hydrogens is 427 g/mol. The molecule has 0 fully saturated rings. The van der Waals surface area contributed by atoms with Crippen LogP contribution in [0, 0.1) is 5.82 Å². The number of methoxy groups -OCH3 is 1. The van der Waals surface area contributed by atoms with Crippen LogP contribution in [-0.4, -0.2) is 28.0 Å². The van der Waals surface area contributed by atoms with Crippen molar-refractivity contribution < 1.29 is 13.9 Å². The third-order valence-electron chi connectivity index (χ3n) is 3.48. The molecule has 28 heavy (non-hydrogen) atoms. The first-order valence-electron chi connectivity index (χ1n) is 7.61.